The molecule has 0 aliphatic heterocycles. The third-order valence-corrected chi connectivity index (χ3v) is 3.24. The van der Waals surface area contributed by atoms with Crippen molar-refractivity contribution >= 4 is 0 Å². The quantitative estimate of drug-likeness (QED) is 0.864. The molecule has 0 N–H and O–H groups in total. The molecule has 0 atom stereocenters. The van der Waals surface area contributed by atoms with Crippen LogP contribution < -0.4 is 0 Å². The topological polar surface area (TPSA) is 95.2 Å². The van der Waals surface area contributed by atoms with Gasteiger partial charge in [-0.25, -0.2) is 0 Å². The first kappa shape index (κ1) is 14.8. The maximum absolute atomic E-state index is 9.13. The highest BCUT2D eigenvalue weighted by atomic mass is 14.3. The van der Waals surface area contributed by atoms with E-state index in [-0.39, 0.29) is 0 Å². The summed E-state index contributed by atoms with van der Waals surface area (Å²) in [6.07, 6.45) is 2.24. The van der Waals surface area contributed by atoms with Gasteiger partial charge in [0.1, 0.15) is 12.1 Å². The van der Waals surface area contributed by atoms with Crippen LogP contribution in [0.15, 0.2) is 36.4 Å². The van der Waals surface area contributed by atoms with Gasteiger partial charge < -0.3 is 0 Å². The Morgan fingerprint density at radius 3 is 1.86 bits per heavy atom. The van der Waals surface area contributed by atoms with Crippen molar-refractivity contribution in [3.8, 4) is 24.3 Å². The Balaban J connectivity index is 2.29. The van der Waals surface area contributed by atoms with Crippen molar-refractivity contribution in [3.05, 3.63) is 76.2 Å². The van der Waals surface area contributed by atoms with E-state index in [1.165, 1.54) is 0 Å². The van der Waals surface area contributed by atoms with E-state index in [0.717, 1.165) is 5.56 Å². The van der Waals surface area contributed by atoms with Gasteiger partial charge in [-0.2, -0.15) is 21.0 Å². The Morgan fingerprint density at radius 2 is 1.32 bits per heavy atom. The van der Waals surface area contributed by atoms with Crippen LogP contribution in [0.1, 0.15) is 33.4 Å². The second-order valence-corrected chi connectivity index (χ2v) is 4.49. The van der Waals surface area contributed by atoms with Crippen molar-refractivity contribution in [2.75, 3.05) is 0 Å². The van der Waals surface area contributed by atoms with Crippen molar-refractivity contribution < 1.29 is 0 Å². The summed E-state index contributed by atoms with van der Waals surface area (Å²) >= 11 is 0. The standard InChI is InChI=1S/C18H9N4/c19-9-14-6-4-13(8-17(14)12-22)5-7-18-15(10-20)2-1-3-16(18)11-21/h1-6,8H,7H2. The number of benzene rings is 2. The molecule has 4 nitrogen and oxygen atoms in total. The minimum atomic E-state index is 0.310. The van der Waals surface area contributed by atoms with Crippen LogP contribution in [0.2, 0.25) is 0 Å². The largest absolute Gasteiger partial charge is 0.192 e. The van der Waals surface area contributed by atoms with Crippen LogP contribution >= 0.6 is 0 Å². The van der Waals surface area contributed by atoms with Crippen LogP contribution in [0.25, 0.3) is 0 Å². The molecule has 22 heavy (non-hydrogen) atoms. The molecule has 0 amide bonds. The minimum absolute atomic E-state index is 0.310. The van der Waals surface area contributed by atoms with Crippen LogP contribution in [0.3, 0.4) is 0 Å². The predicted molar refractivity (Wildman–Crippen MR) is 78.9 cm³/mol. The summed E-state index contributed by atoms with van der Waals surface area (Å²) in [7, 11) is 0. The van der Waals surface area contributed by atoms with Gasteiger partial charge in [0.05, 0.1) is 34.4 Å². The fourth-order valence-corrected chi connectivity index (χ4v) is 2.11. The zero-order valence-corrected chi connectivity index (χ0v) is 11.5. The third kappa shape index (κ3) is 2.94. The minimum Gasteiger partial charge on any atom is -0.192 e. The van der Waals surface area contributed by atoms with Gasteiger partial charge in [0.15, 0.2) is 0 Å². The van der Waals surface area contributed by atoms with Crippen molar-refractivity contribution in [1.82, 2.24) is 0 Å². The molecule has 0 aliphatic rings. The van der Waals surface area contributed by atoms with E-state index in [2.05, 4.69) is 12.1 Å². The van der Waals surface area contributed by atoms with Gasteiger partial charge in [-0.05, 0) is 48.2 Å². The van der Waals surface area contributed by atoms with Crippen molar-refractivity contribution in [2.45, 2.75) is 6.42 Å². The summed E-state index contributed by atoms with van der Waals surface area (Å²) in [6.45, 7) is 0. The normalized spacial score (nSPS) is 9.09. The van der Waals surface area contributed by atoms with Crippen molar-refractivity contribution in [1.29, 1.82) is 21.0 Å². The molecule has 2 aromatic carbocycles. The lowest BCUT2D eigenvalue weighted by Gasteiger charge is -2.07. The summed E-state index contributed by atoms with van der Waals surface area (Å²) in [5, 5.41) is 36.2. The average Bonchev–Trinajstić information content (AvgIpc) is 2.59. The first-order chi connectivity index (χ1) is 10.7. The maximum atomic E-state index is 9.13. The fraction of sp³-hybridized carbons (Fsp3) is 0.0556. The summed E-state index contributed by atoms with van der Waals surface area (Å²) in [5.41, 5.74) is 3.00. The third-order valence-electron chi connectivity index (χ3n) is 3.24. The summed E-state index contributed by atoms with van der Waals surface area (Å²) in [4.78, 5) is 0. The monoisotopic (exact) mass is 281 g/mol. The van der Waals surface area contributed by atoms with Crippen LogP contribution in [-0.4, -0.2) is 0 Å². The van der Waals surface area contributed by atoms with Crippen molar-refractivity contribution in [3.63, 3.8) is 0 Å². The molecule has 2 rings (SSSR count). The molecule has 0 aliphatic carbocycles. The van der Waals surface area contributed by atoms with E-state index >= 15 is 0 Å². The fourth-order valence-electron chi connectivity index (χ4n) is 2.11. The molecule has 2 aromatic rings. The smallest absolute Gasteiger partial charge is 0.101 e. The maximum Gasteiger partial charge on any atom is 0.101 e. The first-order valence-electron chi connectivity index (χ1n) is 6.43. The Labute approximate surface area is 128 Å². The molecule has 0 spiro atoms. The van der Waals surface area contributed by atoms with Crippen LogP contribution in [0, 0.1) is 51.7 Å². The van der Waals surface area contributed by atoms with Crippen LogP contribution in [0.4, 0.5) is 0 Å². The first-order valence-corrected chi connectivity index (χ1v) is 6.43. The van der Waals surface area contributed by atoms with Gasteiger partial charge in [0.2, 0.25) is 0 Å². The molecule has 0 saturated carbocycles. The molecule has 0 saturated heterocycles. The molecule has 1 radical (unpaired) electrons. The summed E-state index contributed by atoms with van der Waals surface area (Å²) in [6, 6.07) is 18.1. The lowest BCUT2D eigenvalue weighted by atomic mass is 9.95. The highest BCUT2D eigenvalue weighted by Crippen LogP contribution is 2.19. The number of hydrogen-bond donors (Lipinski definition) is 0. The molecule has 0 bridgehead atoms. The van der Waals surface area contributed by atoms with Gasteiger partial charge in [-0.3, -0.25) is 0 Å². The molecular formula is C18H9N4. The average molecular weight is 281 g/mol. The Morgan fingerprint density at radius 1 is 0.727 bits per heavy atom. The number of nitrogens with zero attached hydrogens (tertiary/aromatic N) is 4. The Kier molecular flexibility index (Phi) is 4.52. The highest BCUT2D eigenvalue weighted by molar-refractivity contribution is 5.51. The van der Waals surface area contributed by atoms with Gasteiger partial charge in [0.25, 0.3) is 0 Å². The lowest BCUT2D eigenvalue weighted by Crippen LogP contribution is -1.97. The SMILES string of the molecule is N#Cc1ccc([CH]Cc2c(C#N)cccc2C#N)cc1C#N. The summed E-state index contributed by atoms with van der Waals surface area (Å²) in [5.74, 6) is 0. The lowest BCUT2D eigenvalue weighted by molar-refractivity contribution is 1.14. The zero-order valence-electron chi connectivity index (χ0n) is 11.5. The van der Waals surface area contributed by atoms with Gasteiger partial charge >= 0.3 is 0 Å². The van der Waals surface area contributed by atoms with Gasteiger partial charge in [0, 0.05) is 0 Å². The van der Waals surface area contributed by atoms with Crippen LogP contribution in [-0.2, 0) is 6.42 Å². The Bertz CT molecular complexity index is 851. The molecule has 0 heterocycles. The molecule has 0 aromatic heterocycles. The predicted octanol–water partition coefficient (Wildman–Crippen LogP) is 2.97. The number of nitriles is 4. The van der Waals surface area contributed by atoms with E-state index in [1.807, 2.05) is 18.6 Å². The van der Waals surface area contributed by atoms with Gasteiger partial charge in [-0.1, -0.05) is 12.1 Å². The molecule has 101 valence electrons. The van der Waals surface area contributed by atoms with E-state index in [0.29, 0.717) is 34.2 Å². The van der Waals surface area contributed by atoms with E-state index in [1.54, 1.807) is 36.4 Å². The number of rotatable bonds is 3. The molecule has 4 heteroatoms. The summed E-state index contributed by atoms with van der Waals surface area (Å²) < 4.78 is 0. The Hall–Kier alpha value is -3.60. The highest BCUT2D eigenvalue weighted by Gasteiger charge is 2.09. The molecule has 0 unspecified atom stereocenters. The molecule has 0 fully saturated rings. The van der Waals surface area contributed by atoms with Crippen LogP contribution in [0.5, 0.6) is 0 Å². The van der Waals surface area contributed by atoms with Crippen molar-refractivity contribution in [2.24, 2.45) is 0 Å². The van der Waals surface area contributed by atoms with Gasteiger partial charge in [-0.15, -0.1) is 0 Å². The van der Waals surface area contributed by atoms with E-state index < -0.39 is 0 Å². The second kappa shape index (κ2) is 6.71. The van der Waals surface area contributed by atoms with E-state index in [4.69, 9.17) is 21.0 Å². The molecular weight excluding hydrogens is 272 g/mol. The number of hydrogen-bond acceptors (Lipinski definition) is 4. The second-order valence-electron chi connectivity index (χ2n) is 4.49. The zero-order chi connectivity index (χ0) is 15.9. The van der Waals surface area contributed by atoms with E-state index in [9.17, 15) is 0 Å².